The molecule has 0 amide bonds. The van der Waals surface area contributed by atoms with Crippen LogP contribution in [0, 0.1) is 0 Å². The fourth-order valence-electron chi connectivity index (χ4n) is 2.72. The Morgan fingerprint density at radius 1 is 0.952 bits per heavy atom. The van der Waals surface area contributed by atoms with Gasteiger partial charge in [0, 0.05) is 23.9 Å². The fraction of sp³-hybridized carbons (Fsp3) is 0.684. The van der Waals surface area contributed by atoms with Gasteiger partial charge in [-0.3, -0.25) is 0 Å². The van der Waals surface area contributed by atoms with Crippen LogP contribution in [0.3, 0.4) is 0 Å². The Bertz CT molecular complexity index is 289. The molecule has 0 heterocycles. The van der Waals surface area contributed by atoms with Crippen molar-refractivity contribution in [3.8, 4) is 0 Å². The van der Waals surface area contributed by atoms with Gasteiger partial charge in [-0.15, -0.1) is 22.4 Å². The minimum Gasteiger partial charge on any atom is -0.367 e. The Labute approximate surface area is 135 Å². The van der Waals surface area contributed by atoms with E-state index in [4.69, 9.17) is 0 Å². The summed E-state index contributed by atoms with van der Waals surface area (Å²) in [4.78, 5) is 2.31. The van der Waals surface area contributed by atoms with Gasteiger partial charge in [0.15, 0.2) is 0 Å². The van der Waals surface area contributed by atoms with Crippen molar-refractivity contribution in [1.29, 1.82) is 0 Å². The Balaban J connectivity index is 4.89. The first-order valence-corrected chi connectivity index (χ1v) is 9.08. The molecule has 0 saturated heterocycles. The molecule has 2 heteroatoms. The summed E-state index contributed by atoms with van der Waals surface area (Å²) in [6.07, 6.45) is 14.0. The molecule has 0 saturated carbocycles. The maximum absolute atomic E-state index is 4.43. The molecule has 0 aliphatic heterocycles. The minimum absolute atomic E-state index is 0.135. The molecule has 122 valence electrons. The molecular formula is C19H36NP. The van der Waals surface area contributed by atoms with E-state index in [9.17, 15) is 0 Å². The van der Waals surface area contributed by atoms with Crippen LogP contribution in [0.15, 0.2) is 37.6 Å². The van der Waals surface area contributed by atoms with Crippen LogP contribution >= 0.6 is 9.24 Å². The Kier molecular flexibility index (Phi) is 11.7. The SMILES string of the molecule is C=CCN(CC=C)C(=C)C(P)(CCCCC)CCCCC. The topological polar surface area (TPSA) is 3.24 Å². The van der Waals surface area contributed by atoms with Gasteiger partial charge in [-0.25, -0.2) is 0 Å². The van der Waals surface area contributed by atoms with Crippen LogP contribution in [0.2, 0.25) is 0 Å². The van der Waals surface area contributed by atoms with Crippen molar-refractivity contribution in [2.45, 2.75) is 70.4 Å². The van der Waals surface area contributed by atoms with Crippen molar-refractivity contribution in [2.24, 2.45) is 0 Å². The molecule has 1 atom stereocenters. The highest BCUT2D eigenvalue weighted by molar-refractivity contribution is 7.19. The normalized spacial score (nSPS) is 11.2. The number of hydrogen-bond acceptors (Lipinski definition) is 1. The van der Waals surface area contributed by atoms with E-state index in [-0.39, 0.29) is 5.16 Å². The molecule has 0 radical (unpaired) electrons. The standard InChI is InChI=1S/C19H36NP/c1-6-10-12-14-19(21,15-13-11-7-2)18(5)20(16-8-3)17-9-4/h8-9H,3-7,10-17,21H2,1-2H3. The van der Waals surface area contributed by atoms with E-state index < -0.39 is 0 Å². The molecule has 0 spiro atoms. The van der Waals surface area contributed by atoms with Gasteiger partial charge in [-0.2, -0.15) is 0 Å². The summed E-state index contributed by atoms with van der Waals surface area (Å²) in [5, 5.41) is 0.135. The summed E-state index contributed by atoms with van der Waals surface area (Å²) in [7, 11) is 3.13. The van der Waals surface area contributed by atoms with E-state index >= 15 is 0 Å². The molecule has 0 N–H and O–H groups in total. The van der Waals surface area contributed by atoms with Gasteiger partial charge in [0.2, 0.25) is 0 Å². The lowest BCUT2D eigenvalue weighted by Crippen LogP contribution is -2.36. The summed E-state index contributed by atoms with van der Waals surface area (Å²) in [6, 6.07) is 0. The Morgan fingerprint density at radius 3 is 1.71 bits per heavy atom. The fourth-order valence-corrected chi connectivity index (χ4v) is 3.31. The van der Waals surface area contributed by atoms with Gasteiger partial charge in [-0.1, -0.05) is 71.1 Å². The van der Waals surface area contributed by atoms with E-state index in [1.54, 1.807) is 0 Å². The zero-order valence-electron chi connectivity index (χ0n) is 14.4. The quantitative estimate of drug-likeness (QED) is 0.218. The molecule has 0 bridgehead atoms. The molecule has 0 rings (SSSR count). The number of hydrogen-bond donors (Lipinski definition) is 0. The van der Waals surface area contributed by atoms with E-state index in [1.165, 1.54) is 57.1 Å². The first-order chi connectivity index (χ1) is 10.1. The maximum atomic E-state index is 4.43. The minimum atomic E-state index is 0.135. The van der Waals surface area contributed by atoms with Crippen molar-refractivity contribution in [2.75, 3.05) is 13.1 Å². The average molecular weight is 309 g/mol. The lowest BCUT2D eigenvalue weighted by Gasteiger charge is -2.39. The molecule has 1 unspecified atom stereocenters. The monoisotopic (exact) mass is 309 g/mol. The van der Waals surface area contributed by atoms with Crippen molar-refractivity contribution < 1.29 is 0 Å². The summed E-state index contributed by atoms with van der Waals surface area (Å²) in [6.45, 7) is 18.4. The molecule has 1 nitrogen and oxygen atoms in total. The molecule has 0 aromatic rings. The van der Waals surface area contributed by atoms with Gasteiger partial charge in [0.25, 0.3) is 0 Å². The third kappa shape index (κ3) is 7.86. The van der Waals surface area contributed by atoms with Crippen molar-refractivity contribution >= 4 is 9.24 Å². The molecule has 0 aliphatic rings. The first-order valence-electron chi connectivity index (χ1n) is 8.50. The number of nitrogens with zero attached hydrogens (tertiary/aromatic N) is 1. The third-order valence-electron chi connectivity index (χ3n) is 4.11. The van der Waals surface area contributed by atoms with Crippen LogP contribution in [-0.2, 0) is 0 Å². The van der Waals surface area contributed by atoms with Crippen LogP contribution in [0.4, 0.5) is 0 Å². The summed E-state index contributed by atoms with van der Waals surface area (Å²) in [5.74, 6) is 0. The third-order valence-corrected chi connectivity index (χ3v) is 5.02. The molecule has 21 heavy (non-hydrogen) atoms. The number of allylic oxidation sites excluding steroid dienone is 1. The van der Waals surface area contributed by atoms with E-state index in [1.807, 2.05) is 12.2 Å². The highest BCUT2D eigenvalue weighted by atomic mass is 31.0. The summed E-state index contributed by atoms with van der Waals surface area (Å²) >= 11 is 0. The summed E-state index contributed by atoms with van der Waals surface area (Å²) in [5.41, 5.74) is 1.24. The Hall–Kier alpha value is -0.550. The molecule has 0 aliphatic carbocycles. The van der Waals surface area contributed by atoms with Gasteiger partial charge < -0.3 is 4.90 Å². The predicted molar refractivity (Wildman–Crippen MR) is 102 cm³/mol. The smallest absolute Gasteiger partial charge is 0.0357 e. The van der Waals surface area contributed by atoms with Gasteiger partial charge in [-0.05, 0) is 12.8 Å². The second-order valence-electron chi connectivity index (χ2n) is 6.00. The first kappa shape index (κ1) is 20.5. The highest BCUT2D eigenvalue weighted by Crippen LogP contribution is 2.39. The molecule has 0 aromatic heterocycles. The lowest BCUT2D eigenvalue weighted by atomic mass is 9.90. The largest absolute Gasteiger partial charge is 0.367 e. The Morgan fingerprint density at radius 2 is 1.38 bits per heavy atom. The zero-order chi connectivity index (χ0) is 16.1. The lowest BCUT2D eigenvalue weighted by molar-refractivity contribution is 0.348. The van der Waals surface area contributed by atoms with Crippen molar-refractivity contribution in [3.05, 3.63) is 37.6 Å². The van der Waals surface area contributed by atoms with Gasteiger partial charge >= 0.3 is 0 Å². The van der Waals surface area contributed by atoms with E-state index in [0.29, 0.717) is 0 Å². The predicted octanol–water partition coefficient (Wildman–Crippen LogP) is 5.95. The highest BCUT2D eigenvalue weighted by Gasteiger charge is 2.29. The molecule has 0 fully saturated rings. The average Bonchev–Trinajstić information content (AvgIpc) is 2.47. The van der Waals surface area contributed by atoms with Crippen LogP contribution in [0.25, 0.3) is 0 Å². The molecule has 0 aromatic carbocycles. The maximum Gasteiger partial charge on any atom is 0.0357 e. The number of rotatable bonds is 14. The second kappa shape index (κ2) is 12.0. The van der Waals surface area contributed by atoms with Crippen molar-refractivity contribution in [1.82, 2.24) is 4.90 Å². The van der Waals surface area contributed by atoms with E-state index in [0.717, 1.165) is 13.1 Å². The summed E-state index contributed by atoms with van der Waals surface area (Å²) < 4.78 is 0. The second-order valence-corrected chi connectivity index (χ2v) is 7.10. The van der Waals surface area contributed by atoms with Gasteiger partial charge in [0.05, 0.1) is 0 Å². The van der Waals surface area contributed by atoms with Crippen LogP contribution in [-0.4, -0.2) is 23.1 Å². The van der Waals surface area contributed by atoms with Gasteiger partial charge in [0.1, 0.15) is 0 Å². The van der Waals surface area contributed by atoms with Crippen LogP contribution in [0.1, 0.15) is 65.2 Å². The van der Waals surface area contributed by atoms with Crippen molar-refractivity contribution in [3.63, 3.8) is 0 Å². The van der Waals surface area contributed by atoms with E-state index in [2.05, 4.69) is 47.7 Å². The van der Waals surface area contributed by atoms with Crippen LogP contribution < -0.4 is 0 Å². The van der Waals surface area contributed by atoms with Crippen LogP contribution in [0.5, 0.6) is 0 Å². The zero-order valence-corrected chi connectivity index (χ0v) is 15.5. The molecular weight excluding hydrogens is 273 g/mol. The number of unbranched alkanes of at least 4 members (excludes halogenated alkanes) is 4.